The number of para-hydroxylation sites is 1. The number of halogens is 1. The number of fused-ring (bicyclic) bond motifs is 3. The van der Waals surface area contributed by atoms with Gasteiger partial charge in [-0.1, -0.05) is 54.1 Å². The molecular formula is C27H23ClN4O3. The van der Waals surface area contributed by atoms with E-state index < -0.39 is 0 Å². The maximum absolute atomic E-state index is 13.5. The Hall–Kier alpha value is -4.10. The van der Waals surface area contributed by atoms with Gasteiger partial charge in [0.1, 0.15) is 17.8 Å². The van der Waals surface area contributed by atoms with Crippen LogP contribution in [0.4, 0.5) is 0 Å². The fourth-order valence-corrected chi connectivity index (χ4v) is 4.48. The van der Waals surface area contributed by atoms with E-state index in [9.17, 15) is 9.59 Å². The van der Waals surface area contributed by atoms with Gasteiger partial charge in [-0.25, -0.2) is 4.68 Å². The number of benzene rings is 3. The van der Waals surface area contributed by atoms with Crippen LogP contribution in [0.5, 0.6) is 5.75 Å². The summed E-state index contributed by atoms with van der Waals surface area (Å²) in [6, 6.07) is 22.8. The van der Waals surface area contributed by atoms with Crippen molar-refractivity contribution in [3.63, 3.8) is 0 Å². The van der Waals surface area contributed by atoms with Crippen LogP contribution in [-0.4, -0.2) is 27.4 Å². The molecule has 0 bridgehead atoms. The molecule has 0 saturated carbocycles. The Morgan fingerprint density at radius 3 is 2.63 bits per heavy atom. The third kappa shape index (κ3) is 4.63. The Morgan fingerprint density at radius 2 is 1.80 bits per heavy atom. The topological polar surface area (TPSA) is 78.2 Å². The van der Waals surface area contributed by atoms with Gasteiger partial charge in [0.15, 0.2) is 0 Å². The molecule has 0 spiro atoms. The van der Waals surface area contributed by atoms with Gasteiger partial charge in [-0.05, 0) is 41.5 Å². The van der Waals surface area contributed by atoms with Crippen LogP contribution in [0.25, 0.3) is 21.8 Å². The molecule has 2 heterocycles. The van der Waals surface area contributed by atoms with Crippen LogP contribution >= 0.6 is 11.6 Å². The minimum Gasteiger partial charge on any atom is -0.497 e. The lowest BCUT2D eigenvalue weighted by Crippen LogP contribution is -2.33. The summed E-state index contributed by atoms with van der Waals surface area (Å²) in [6.45, 7) is 0.603. The molecule has 0 unspecified atom stereocenters. The van der Waals surface area contributed by atoms with Gasteiger partial charge in [0.25, 0.3) is 5.56 Å². The summed E-state index contributed by atoms with van der Waals surface area (Å²) in [5, 5.41) is 9.47. The first-order chi connectivity index (χ1) is 17.0. The van der Waals surface area contributed by atoms with E-state index >= 15 is 0 Å². The average Bonchev–Trinajstić information content (AvgIpc) is 3.19. The number of rotatable bonds is 7. The summed E-state index contributed by atoms with van der Waals surface area (Å²) in [7, 11) is 1.59. The maximum Gasteiger partial charge on any atom is 0.291 e. The largest absolute Gasteiger partial charge is 0.497 e. The number of methoxy groups -OCH3 is 1. The fraction of sp³-hybridized carbons (Fsp3) is 0.148. The standard InChI is InChI=1S/C27H23ClN4O3/c1-35-21-9-5-6-18(13-21)14-29-25(33)17-32-27(34)26-23(15-30-32)22-10-2-3-11-24(22)31(26)16-19-7-4-8-20(28)12-19/h2-13,15H,14,16-17H2,1H3,(H,29,33). The van der Waals surface area contributed by atoms with Crippen molar-refractivity contribution in [2.45, 2.75) is 19.6 Å². The number of nitrogens with zero attached hydrogens (tertiary/aromatic N) is 3. The number of carbonyl (C=O) groups is 1. The zero-order valence-electron chi connectivity index (χ0n) is 19.1. The lowest BCUT2D eigenvalue weighted by molar-refractivity contribution is -0.122. The first-order valence-electron chi connectivity index (χ1n) is 11.1. The van der Waals surface area contributed by atoms with E-state index in [0.29, 0.717) is 29.4 Å². The van der Waals surface area contributed by atoms with Crippen LogP contribution in [0.1, 0.15) is 11.1 Å². The number of hydrogen-bond acceptors (Lipinski definition) is 4. The number of amides is 1. The fourth-order valence-electron chi connectivity index (χ4n) is 4.26. The highest BCUT2D eigenvalue weighted by Gasteiger charge is 2.17. The number of ether oxygens (including phenoxy) is 1. The highest BCUT2D eigenvalue weighted by Crippen LogP contribution is 2.27. The van der Waals surface area contributed by atoms with Crippen molar-refractivity contribution in [2.75, 3.05) is 7.11 Å². The van der Waals surface area contributed by atoms with Crippen LogP contribution in [-0.2, 0) is 24.4 Å². The molecule has 0 aliphatic heterocycles. The van der Waals surface area contributed by atoms with Gasteiger partial charge in [0.05, 0.1) is 13.3 Å². The van der Waals surface area contributed by atoms with Gasteiger partial charge in [0.2, 0.25) is 5.91 Å². The quantitative estimate of drug-likeness (QED) is 0.370. The average molecular weight is 487 g/mol. The second-order valence-corrected chi connectivity index (χ2v) is 8.67. The minimum absolute atomic E-state index is 0.183. The Bertz CT molecular complexity index is 1610. The summed E-state index contributed by atoms with van der Waals surface area (Å²) in [4.78, 5) is 26.2. The van der Waals surface area contributed by atoms with E-state index in [1.807, 2.05) is 77.4 Å². The molecule has 0 radical (unpaired) electrons. The van der Waals surface area contributed by atoms with Crippen molar-refractivity contribution in [1.82, 2.24) is 19.7 Å². The number of carbonyl (C=O) groups excluding carboxylic acids is 1. The molecule has 0 saturated heterocycles. The van der Waals surface area contributed by atoms with Gasteiger partial charge in [-0.2, -0.15) is 5.10 Å². The predicted molar refractivity (Wildman–Crippen MR) is 137 cm³/mol. The molecule has 0 atom stereocenters. The zero-order chi connectivity index (χ0) is 24.4. The molecule has 2 aromatic heterocycles. The summed E-state index contributed by atoms with van der Waals surface area (Å²) in [6.07, 6.45) is 1.66. The number of hydrogen-bond donors (Lipinski definition) is 1. The normalized spacial score (nSPS) is 11.1. The van der Waals surface area contributed by atoms with Crippen LogP contribution in [0, 0.1) is 0 Å². The van der Waals surface area contributed by atoms with Crippen LogP contribution in [0.2, 0.25) is 5.02 Å². The van der Waals surface area contributed by atoms with Crippen molar-refractivity contribution in [2.24, 2.45) is 0 Å². The number of nitrogens with one attached hydrogen (secondary N) is 1. The first kappa shape index (κ1) is 22.7. The Kier molecular flexibility index (Phi) is 6.25. The van der Waals surface area contributed by atoms with E-state index in [1.54, 1.807) is 13.3 Å². The van der Waals surface area contributed by atoms with Crippen LogP contribution < -0.4 is 15.6 Å². The smallest absolute Gasteiger partial charge is 0.291 e. The van der Waals surface area contributed by atoms with E-state index in [-0.39, 0.29) is 18.0 Å². The third-order valence-corrected chi connectivity index (χ3v) is 6.16. The molecule has 5 rings (SSSR count). The molecule has 0 aliphatic carbocycles. The van der Waals surface area contributed by atoms with Gasteiger partial charge >= 0.3 is 0 Å². The third-order valence-electron chi connectivity index (χ3n) is 5.92. The molecule has 1 amide bonds. The van der Waals surface area contributed by atoms with Crippen molar-refractivity contribution in [3.05, 3.63) is 105 Å². The minimum atomic E-state index is -0.322. The Labute approximate surface area is 206 Å². The molecule has 7 nitrogen and oxygen atoms in total. The lowest BCUT2D eigenvalue weighted by Gasteiger charge is -2.10. The number of aromatic nitrogens is 3. The van der Waals surface area contributed by atoms with Gasteiger partial charge in [-0.15, -0.1) is 0 Å². The molecule has 1 N–H and O–H groups in total. The predicted octanol–water partition coefficient (Wildman–Crippen LogP) is 4.38. The van der Waals surface area contributed by atoms with E-state index in [2.05, 4.69) is 10.4 Å². The molecule has 35 heavy (non-hydrogen) atoms. The molecule has 176 valence electrons. The van der Waals surface area contributed by atoms with E-state index in [1.165, 1.54) is 4.68 Å². The second kappa shape index (κ2) is 9.64. The van der Waals surface area contributed by atoms with Crippen LogP contribution in [0.3, 0.4) is 0 Å². The van der Waals surface area contributed by atoms with Crippen molar-refractivity contribution >= 4 is 39.3 Å². The van der Waals surface area contributed by atoms with Crippen molar-refractivity contribution in [3.8, 4) is 5.75 Å². The monoisotopic (exact) mass is 486 g/mol. The van der Waals surface area contributed by atoms with Gasteiger partial charge in [0, 0.05) is 34.4 Å². The first-order valence-corrected chi connectivity index (χ1v) is 11.5. The summed E-state index contributed by atoms with van der Waals surface area (Å²) >= 11 is 6.19. The van der Waals surface area contributed by atoms with Crippen molar-refractivity contribution < 1.29 is 9.53 Å². The summed E-state index contributed by atoms with van der Waals surface area (Å²) < 4.78 is 8.39. The highest BCUT2D eigenvalue weighted by atomic mass is 35.5. The maximum atomic E-state index is 13.5. The molecule has 3 aromatic carbocycles. The van der Waals surface area contributed by atoms with Gasteiger partial charge < -0.3 is 14.6 Å². The zero-order valence-corrected chi connectivity index (χ0v) is 19.8. The van der Waals surface area contributed by atoms with E-state index in [0.717, 1.165) is 27.4 Å². The summed E-state index contributed by atoms with van der Waals surface area (Å²) in [5.74, 6) is 0.409. The van der Waals surface area contributed by atoms with Crippen molar-refractivity contribution in [1.29, 1.82) is 0 Å². The molecule has 0 aliphatic rings. The molecule has 5 aromatic rings. The van der Waals surface area contributed by atoms with E-state index in [4.69, 9.17) is 16.3 Å². The Balaban J connectivity index is 1.47. The molecule has 0 fully saturated rings. The second-order valence-electron chi connectivity index (χ2n) is 8.23. The van der Waals surface area contributed by atoms with Gasteiger partial charge in [-0.3, -0.25) is 9.59 Å². The summed E-state index contributed by atoms with van der Waals surface area (Å²) in [5.41, 5.74) is 2.97. The lowest BCUT2D eigenvalue weighted by atomic mass is 10.2. The molecule has 8 heteroatoms. The molecular weight excluding hydrogens is 464 g/mol. The van der Waals surface area contributed by atoms with Crippen LogP contribution in [0.15, 0.2) is 83.8 Å². The SMILES string of the molecule is COc1cccc(CNC(=O)Cn2ncc3c4ccccc4n(Cc4cccc(Cl)c4)c3c2=O)c1. The Morgan fingerprint density at radius 1 is 1.00 bits per heavy atom. The highest BCUT2D eigenvalue weighted by molar-refractivity contribution is 6.30.